The Morgan fingerprint density at radius 2 is 2.05 bits per heavy atom. The number of nitrogens with zero attached hydrogens (tertiary/aromatic N) is 1. The summed E-state index contributed by atoms with van der Waals surface area (Å²) in [6.45, 7) is 6.26. The van der Waals surface area contributed by atoms with E-state index in [1.54, 1.807) is 6.92 Å². The fourth-order valence-electron chi connectivity index (χ4n) is 1.48. The van der Waals surface area contributed by atoms with Gasteiger partial charge in [0, 0.05) is 6.54 Å². The van der Waals surface area contributed by atoms with Crippen molar-refractivity contribution in [3.63, 3.8) is 0 Å². The normalized spacial score (nSPS) is 12.0. The highest BCUT2D eigenvalue weighted by Gasteiger charge is 2.15. The second kappa shape index (κ2) is 6.74. The summed E-state index contributed by atoms with van der Waals surface area (Å²) in [5.74, 6) is -0.651. The standard InChI is InChI=1S/C13H20N4O3/c1-7(2)5-16-12(18)8(3)17-11-4-9(13(19)20)10(14)6-15-11/h4,6-8H,5,14H2,1-3H3,(H,15,17)(H,16,18)(H,19,20). The molecule has 5 N–H and O–H groups in total. The van der Waals surface area contributed by atoms with Crippen LogP contribution >= 0.6 is 0 Å². The molecule has 1 atom stereocenters. The Hall–Kier alpha value is -2.31. The lowest BCUT2D eigenvalue weighted by molar-refractivity contribution is -0.121. The molecular formula is C13H20N4O3. The van der Waals surface area contributed by atoms with E-state index in [9.17, 15) is 9.59 Å². The Morgan fingerprint density at radius 3 is 2.60 bits per heavy atom. The van der Waals surface area contributed by atoms with Gasteiger partial charge in [0.1, 0.15) is 11.9 Å². The topological polar surface area (TPSA) is 117 Å². The van der Waals surface area contributed by atoms with Crippen molar-refractivity contribution in [2.45, 2.75) is 26.8 Å². The number of nitrogen functional groups attached to an aromatic ring is 1. The Labute approximate surface area is 117 Å². The van der Waals surface area contributed by atoms with Gasteiger partial charge in [-0.05, 0) is 18.9 Å². The molecule has 0 spiro atoms. The average Bonchev–Trinajstić information content (AvgIpc) is 2.37. The van der Waals surface area contributed by atoms with Gasteiger partial charge in [-0.25, -0.2) is 9.78 Å². The minimum Gasteiger partial charge on any atom is -0.478 e. The van der Waals surface area contributed by atoms with Crippen LogP contribution in [0.1, 0.15) is 31.1 Å². The van der Waals surface area contributed by atoms with Gasteiger partial charge >= 0.3 is 5.97 Å². The summed E-state index contributed by atoms with van der Waals surface area (Å²) in [5.41, 5.74) is 5.55. The first-order valence-electron chi connectivity index (χ1n) is 6.34. The van der Waals surface area contributed by atoms with Gasteiger partial charge in [0.2, 0.25) is 5.91 Å². The van der Waals surface area contributed by atoms with E-state index in [0.717, 1.165) is 0 Å². The number of hydrogen-bond acceptors (Lipinski definition) is 5. The number of carbonyl (C=O) groups is 2. The maximum absolute atomic E-state index is 11.8. The third-order valence-electron chi connectivity index (χ3n) is 2.61. The number of anilines is 2. The zero-order chi connectivity index (χ0) is 15.3. The summed E-state index contributed by atoms with van der Waals surface area (Å²) in [5, 5.41) is 14.6. The van der Waals surface area contributed by atoms with Gasteiger partial charge in [-0.15, -0.1) is 0 Å². The van der Waals surface area contributed by atoms with E-state index >= 15 is 0 Å². The summed E-state index contributed by atoms with van der Waals surface area (Å²) in [4.78, 5) is 26.7. The number of nitrogens with one attached hydrogen (secondary N) is 2. The summed E-state index contributed by atoms with van der Waals surface area (Å²) >= 11 is 0. The van der Waals surface area contributed by atoms with Crippen molar-refractivity contribution in [2.24, 2.45) is 5.92 Å². The van der Waals surface area contributed by atoms with Gasteiger partial charge < -0.3 is 21.5 Å². The van der Waals surface area contributed by atoms with Crippen LogP contribution < -0.4 is 16.4 Å². The largest absolute Gasteiger partial charge is 0.478 e. The van der Waals surface area contributed by atoms with Gasteiger partial charge in [0.15, 0.2) is 0 Å². The summed E-state index contributed by atoms with van der Waals surface area (Å²) in [7, 11) is 0. The Bertz CT molecular complexity index is 502. The van der Waals surface area contributed by atoms with Crippen molar-refractivity contribution in [3.8, 4) is 0 Å². The van der Waals surface area contributed by atoms with Crippen molar-refractivity contribution >= 4 is 23.4 Å². The minimum atomic E-state index is -1.13. The molecule has 1 unspecified atom stereocenters. The lowest BCUT2D eigenvalue weighted by Gasteiger charge is -2.16. The maximum atomic E-state index is 11.8. The molecule has 0 aliphatic carbocycles. The highest BCUT2D eigenvalue weighted by atomic mass is 16.4. The van der Waals surface area contributed by atoms with Gasteiger partial charge in [0.05, 0.1) is 17.4 Å². The molecule has 0 saturated heterocycles. The van der Waals surface area contributed by atoms with Crippen molar-refractivity contribution in [1.29, 1.82) is 0 Å². The number of carboxylic acid groups (broad SMARTS) is 1. The van der Waals surface area contributed by atoms with Gasteiger partial charge in [0.25, 0.3) is 0 Å². The van der Waals surface area contributed by atoms with Gasteiger partial charge in [-0.3, -0.25) is 4.79 Å². The van der Waals surface area contributed by atoms with Crippen LogP contribution in [0.4, 0.5) is 11.5 Å². The molecule has 20 heavy (non-hydrogen) atoms. The predicted molar refractivity (Wildman–Crippen MR) is 76.5 cm³/mol. The molecule has 0 bridgehead atoms. The summed E-state index contributed by atoms with van der Waals surface area (Å²) < 4.78 is 0. The molecule has 1 aromatic heterocycles. The van der Waals surface area contributed by atoms with Crippen molar-refractivity contribution < 1.29 is 14.7 Å². The van der Waals surface area contributed by atoms with Crippen molar-refractivity contribution in [3.05, 3.63) is 17.8 Å². The molecule has 1 amide bonds. The number of nitrogens with two attached hydrogens (primary N) is 1. The van der Waals surface area contributed by atoms with Crippen LogP contribution in [0.2, 0.25) is 0 Å². The lowest BCUT2D eigenvalue weighted by Crippen LogP contribution is -2.39. The second-order valence-electron chi connectivity index (χ2n) is 4.97. The Kier molecular flexibility index (Phi) is 5.31. The van der Waals surface area contributed by atoms with E-state index in [-0.39, 0.29) is 17.2 Å². The van der Waals surface area contributed by atoms with Crippen LogP contribution in [-0.2, 0) is 4.79 Å². The summed E-state index contributed by atoms with van der Waals surface area (Å²) in [6.07, 6.45) is 1.25. The number of aromatic nitrogens is 1. The van der Waals surface area contributed by atoms with Crippen LogP contribution in [0, 0.1) is 5.92 Å². The Balaban J connectivity index is 2.70. The zero-order valence-electron chi connectivity index (χ0n) is 11.8. The van der Waals surface area contributed by atoms with E-state index in [4.69, 9.17) is 10.8 Å². The van der Waals surface area contributed by atoms with Gasteiger partial charge in [-0.1, -0.05) is 13.8 Å². The molecule has 0 aliphatic heterocycles. The van der Waals surface area contributed by atoms with Crippen LogP contribution in [-0.4, -0.2) is 34.6 Å². The number of carboxylic acids is 1. The van der Waals surface area contributed by atoms with Crippen molar-refractivity contribution in [1.82, 2.24) is 10.3 Å². The second-order valence-corrected chi connectivity index (χ2v) is 4.97. The molecule has 0 saturated carbocycles. The molecular weight excluding hydrogens is 260 g/mol. The predicted octanol–water partition coefficient (Wildman–Crippen LogP) is 0.935. The van der Waals surface area contributed by atoms with E-state index < -0.39 is 12.0 Å². The lowest BCUT2D eigenvalue weighted by atomic mass is 10.2. The average molecular weight is 280 g/mol. The number of hydrogen-bond donors (Lipinski definition) is 4. The molecule has 1 heterocycles. The SMILES string of the molecule is CC(C)CNC(=O)C(C)Nc1cc(C(=O)O)c(N)cn1. The smallest absolute Gasteiger partial charge is 0.337 e. The minimum absolute atomic E-state index is 0.0442. The Morgan fingerprint density at radius 1 is 1.40 bits per heavy atom. The molecule has 1 aromatic rings. The first-order chi connectivity index (χ1) is 9.31. The first-order valence-corrected chi connectivity index (χ1v) is 6.34. The maximum Gasteiger partial charge on any atom is 0.337 e. The van der Waals surface area contributed by atoms with Crippen LogP contribution in [0.3, 0.4) is 0 Å². The van der Waals surface area contributed by atoms with Crippen molar-refractivity contribution in [2.75, 3.05) is 17.6 Å². The monoisotopic (exact) mass is 280 g/mol. The number of pyridine rings is 1. The summed E-state index contributed by atoms with van der Waals surface area (Å²) in [6, 6.07) is 0.788. The third kappa shape index (κ3) is 4.42. The molecule has 0 aliphatic rings. The molecule has 0 aromatic carbocycles. The highest BCUT2D eigenvalue weighted by molar-refractivity contribution is 5.94. The zero-order valence-corrected chi connectivity index (χ0v) is 11.8. The molecule has 0 fully saturated rings. The number of aromatic carboxylic acids is 1. The first kappa shape index (κ1) is 15.7. The number of rotatable bonds is 6. The number of amides is 1. The van der Waals surface area contributed by atoms with Crippen LogP contribution in [0.15, 0.2) is 12.3 Å². The fourth-order valence-corrected chi connectivity index (χ4v) is 1.48. The van der Waals surface area contributed by atoms with Crippen LogP contribution in [0.25, 0.3) is 0 Å². The van der Waals surface area contributed by atoms with Crippen LogP contribution in [0.5, 0.6) is 0 Å². The molecule has 110 valence electrons. The third-order valence-corrected chi connectivity index (χ3v) is 2.61. The molecule has 7 heteroatoms. The fraction of sp³-hybridized carbons (Fsp3) is 0.462. The van der Waals surface area contributed by atoms with E-state index in [2.05, 4.69) is 15.6 Å². The van der Waals surface area contributed by atoms with E-state index in [1.165, 1.54) is 12.3 Å². The van der Waals surface area contributed by atoms with E-state index in [0.29, 0.717) is 18.3 Å². The van der Waals surface area contributed by atoms with Gasteiger partial charge in [-0.2, -0.15) is 0 Å². The molecule has 7 nitrogen and oxygen atoms in total. The number of carbonyl (C=O) groups excluding carboxylic acids is 1. The quantitative estimate of drug-likeness (QED) is 0.616. The molecule has 1 rings (SSSR count). The van der Waals surface area contributed by atoms with E-state index in [1.807, 2.05) is 13.8 Å². The molecule has 0 radical (unpaired) electrons. The highest BCUT2D eigenvalue weighted by Crippen LogP contribution is 2.15.